The van der Waals surface area contributed by atoms with Crippen molar-refractivity contribution < 1.29 is 4.79 Å². The molecule has 0 aliphatic carbocycles. The van der Waals surface area contributed by atoms with Crippen molar-refractivity contribution in [2.24, 2.45) is 0 Å². The third-order valence-corrected chi connectivity index (χ3v) is 5.56. The molecule has 138 valence electrons. The van der Waals surface area contributed by atoms with Crippen LogP contribution in [0, 0.1) is 6.92 Å². The van der Waals surface area contributed by atoms with E-state index in [4.69, 9.17) is 4.98 Å². The van der Waals surface area contributed by atoms with Crippen LogP contribution in [0.15, 0.2) is 53.4 Å². The van der Waals surface area contributed by atoms with E-state index in [9.17, 15) is 4.79 Å². The first-order valence-corrected chi connectivity index (χ1v) is 10.1. The van der Waals surface area contributed by atoms with E-state index in [0.29, 0.717) is 12.5 Å². The summed E-state index contributed by atoms with van der Waals surface area (Å²) >= 11 is 1.56. The summed E-state index contributed by atoms with van der Waals surface area (Å²) in [5, 5.41) is 7.13. The van der Waals surface area contributed by atoms with E-state index in [1.807, 2.05) is 39.9 Å². The number of nitrogens with zero attached hydrogens (tertiary/aromatic N) is 3. The number of anilines is 2. The number of carbonyl (C=O) groups excluding carboxylic acids is 1. The van der Waals surface area contributed by atoms with Crippen molar-refractivity contribution in [3.8, 4) is 0 Å². The summed E-state index contributed by atoms with van der Waals surface area (Å²) < 4.78 is 0. The third-order valence-electron chi connectivity index (χ3n) is 4.88. The zero-order valence-electron chi connectivity index (χ0n) is 15.3. The largest absolute Gasteiger partial charge is 0.338 e. The first-order chi connectivity index (χ1) is 13.2. The summed E-state index contributed by atoms with van der Waals surface area (Å²) in [5.41, 5.74) is 3.95. The summed E-state index contributed by atoms with van der Waals surface area (Å²) in [5.74, 6) is 0.952. The van der Waals surface area contributed by atoms with Crippen LogP contribution in [0.2, 0.25) is 0 Å². The topological polar surface area (TPSA) is 58.1 Å². The smallest absolute Gasteiger partial charge is 0.254 e. The maximum Gasteiger partial charge on any atom is 0.254 e. The number of amides is 1. The number of hydrogen-bond donors (Lipinski definition) is 1. The Kier molecular flexibility index (Phi) is 5.16. The van der Waals surface area contributed by atoms with E-state index >= 15 is 0 Å². The Bertz CT molecular complexity index is 908. The first-order valence-electron chi connectivity index (χ1n) is 9.17. The van der Waals surface area contributed by atoms with Gasteiger partial charge < -0.3 is 10.2 Å². The molecule has 3 heterocycles. The monoisotopic (exact) mass is 378 g/mol. The molecule has 2 aromatic heterocycles. The maximum absolute atomic E-state index is 12.7. The van der Waals surface area contributed by atoms with Crippen molar-refractivity contribution in [2.75, 3.05) is 18.4 Å². The predicted octanol–water partition coefficient (Wildman–Crippen LogP) is 4.61. The number of likely N-dealkylation sites (tertiary alicyclic amines) is 1. The minimum absolute atomic E-state index is 0.119. The van der Waals surface area contributed by atoms with Crippen LogP contribution in [-0.4, -0.2) is 33.9 Å². The third kappa shape index (κ3) is 4.17. The Balaban J connectivity index is 1.47. The van der Waals surface area contributed by atoms with Crippen LogP contribution in [-0.2, 0) is 0 Å². The van der Waals surface area contributed by atoms with Gasteiger partial charge in [0.05, 0.1) is 11.3 Å². The Labute approximate surface area is 163 Å². The van der Waals surface area contributed by atoms with Crippen molar-refractivity contribution in [3.63, 3.8) is 0 Å². The number of hydrogen-bond acceptors (Lipinski definition) is 5. The zero-order valence-corrected chi connectivity index (χ0v) is 16.1. The van der Waals surface area contributed by atoms with Crippen molar-refractivity contribution in [2.45, 2.75) is 25.7 Å². The van der Waals surface area contributed by atoms with Gasteiger partial charge in [0.25, 0.3) is 5.91 Å². The minimum atomic E-state index is 0.119. The molecule has 1 fully saturated rings. The lowest BCUT2D eigenvalue weighted by atomic mass is 9.94. The Morgan fingerprint density at radius 3 is 2.85 bits per heavy atom. The highest BCUT2D eigenvalue weighted by molar-refractivity contribution is 7.08. The van der Waals surface area contributed by atoms with Gasteiger partial charge >= 0.3 is 0 Å². The summed E-state index contributed by atoms with van der Waals surface area (Å²) in [4.78, 5) is 23.7. The van der Waals surface area contributed by atoms with Crippen molar-refractivity contribution in [1.82, 2.24) is 14.9 Å². The number of benzene rings is 1. The molecule has 1 aliphatic rings. The molecule has 3 aromatic rings. The van der Waals surface area contributed by atoms with E-state index in [-0.39, 0.29) is 11.8 Å². The molecule has 0 bridgehead atoms. The molecule has 4 rings (SSSR count). The van der Waals surface area contributed by atoms with Gasteiger partial charge in [0.1, 0.15) is 0 Å². The predicted molar refractivity (Wildman–Crippen MR) is 109 cm³/mol. The zero-order chi connectivity index (χ0) is 18.6. The number of nitrogens with one attached hydrogen (secondary N) is 1. The highest BCUT2D eigenvalue weighted by atomic mass is 32.1. The van der Waals surface area contributed by atoms with Gasteiger partial charge in [0, 0.05) is 36.3 Å². The van der Waals surface area contributed by atoms with E-state index in [1.54, 1.807) is 17.5 Å². The van der Waals surface area contributed by atoms with Crippen LogP contribution >= 0.6 is 11.3 Å². The SMILES string of the molecule is Cc1ccc(Nc2nccc(C3CCCN(C(=O)c4ccsc4)C3)n2)cc1. The molecule has 1 unspecified atom stereocenters. The number of thiophene rings is 1. The number of aryl methyl sites for hydroxylation is 1. The van der Waals surface area contributed by atoms with Crippen LogP contribution in [0.1, 0.15) is 40.4 Å². The van der Waals surface area contributed by atoms with Crippen LogP contribution in [0.5, 0.6) is 0 Å². The molecule has 1 N–H and O–H groups in total. The van der Waals surface area contributed by atoms with Gasteiger partial charge in [0.15, 0.2) is 0 Å². The molecule has 1 aliphatic heterocycles. The van der Waals surface area contributed by atoms with Crippen LogP contribution < -0.4 is 5.32 Å². The summed E-state index contributed by atoms with van der Waals surface area (Å²) in [6.45, 7) is 3.58. The van der Waals surface area contributed by atoms with Crippen molar-refractivity contribution in [3.05, 3.63) is 70.2 Å². The molecule has 0 radical (unpaired) electrons. The van der Waals surface area contributed by atoms with Crippen LogP contribution in [0.25, 0.3) is 0 Å². The number of piperidine rings is 1. The summed E-state index contributed by atoms with van der Waals surface area (Å²) in [7, 11) is 0. The molecule has 0 spiro atoms. The Hall–Kier alpha value is -2.73. The molecule has 1 amide bonds. The first kappa shape index (κ1) is 17.7. The number of carbonyl (C=O) groups is 1. The highest BCUT2D eigenvalue weighted by Gasteiger charge is 2.26. The maximum atomic E-state index is 12.7. The normalized spacial score (nSPS) is 16.9. The summed E-state index contributed by atoms with van der Waals surface area (Å²) in [6, 6.07) is 12.0. The second-order valence-corrected chi connectivity index (χ2v) is 7.68. The Morgan fingerprint density at radius 1 is 1.22 bits per heavy atom. The van der Waals surface area contributed by atoms with Gasteiger partial charge in [-0.25, -0.2) is 9.97 Å². The molecular weight excluding hydrogens is 356 g/mol. The average Bonchev–Trinajstić information content (AvgIpc) is 3.24. The molecule has 1 atom stereocenters. The van der Waals surface area contributed by atoms with Gasteiger partial charge in [-0.2, -0.15) is 11.3 Å². The van der Waals surface area contributed by atoms with E-state index < -0.39 is 0 Å². The number of rotatable bonds is 4. The molecule has 5 nitrogen and oxygen atoms in total. The molecule has 1 aromatic carbocycles. The lowest BCUT2D eigenvalue weighted by Gasteiger charge is -2.32. The van der Waals surface area contributed by atoms with Crippen LogP contribution in [0.4, 0.5) is 11.6 Å². The fraction of sp³-hybridized carbons (Fsp3) is 0.286. The van der Waals surface area contributed by atoms with E-state index in [0.717, 1.165) is 36.3 Å². The van der Waals surface area contributed by atoms with Gasteiger partial charge in [-0.3, -0.25) is 4.79 Å². The van der Waals surface area contributed by atoms with Gasteiger partial charge in [-0.15, -0.1) is 0 Å². The van der Waals surface area contributed by atoms with Gasteiger partial charge in [-0.1, -0.05) is 17.7 Å². The number of aromatic nitrogens is 2. The van der Waals surface area contributed by atoms with Crippen LogP contribution in [0.3, 0.4) is 0 Å². The van der Waals surface area contributed by atoms with Crippen molar-refractivity contribution >= 4 is 28.9 Å². The Morgan fingerprint density at radius 2 is 2.07 bits per heavy atom. The molecule has 0 saturated carbocycles. The lowest BCUT2D eigenvalue weighted by Crippen LogP contribution is -2.39. The second kappa shape index (κ2) is 7.88. The second-order valence-electron chi connectivity index (χ2n) is 6.90. The highest BCUT2D eigenvalue weighted by Crippen LogP contribution is 2.27. The fourth-order valence-electron chi connectivity index (χ4n) is 3.40. The van der Waals surface area contributed by atoms with E-state index in [2.05, 4.69) is 29.4 Å². The lowest BCUT2D eigenvalue weighted by molar-refractivity contribution is 0.0706. The van der Waals surface area contributed by atoms with E-state index in [1.165, 1.54) is 5.56 Å². The molecular formula is C21H22N4OS. The standard InChI is InChI=1S/C21H22N4OS/c1-15-4-6-18(7-5-15)23-21-22-10-8-19(24-21)16-3-2-11-25(13-16)20(26)17-9-12-27-14-17/h4-10,12,14,16H,2-3,11,13H2,1H3,(H,22,23,24). The van der Waals surface area contributed by atoms with Crippen molar-refractivity contribution in [1.29, 1.82) is 0 Å². The molecule has 1 saturated heterocycles. The fourth-order valence-corrected chi connectivity index (χ4v) is 4.03. The molecule has 6 heteroatoms. The average molecular weight is 379 g/mol. The van der Waals surface area contributed by atoms with Gasteiger partial charge in [0.2, 0.25) is 5.95 Å². The summed E-state index contributed by atoms with van der Waals surface area (Å²) in [6.07, 6.45) is 3.82. The van der Waals surface area contributed by atoms with Gasteiger partial charge in [-0.05, 0) is 49.4 Å². The molecule has 27 heavy (non-hydrogen) atoms. The quantitative estimate of drug-likeness (QED) is 0.720. The minimum Gasteiger partial charge on any atom is -0.338 e.